The summed E-state index contributed by atoms with van der Waals surface area (Å²) in [7, 11) is 0. The van der Waals surface area contributed by atoms with E-state index in [1.807, 2.05) is 25.1 Å². The molecule has 5 heteroatoms. The number of halogens is 1. The predicted molar refractivity (Wildman–Crippen MR) is 86.3 cm³/mol. The molecule has 2 aromatic carbocycles. The summed E-state index contributed by atoms with van der Waals surface area (Å²) in [5.41, 5.74) is 2.32. The molecule has 0 aliphatic heterocycles. The zero-order valence-electron chi connectivity index (χ0n) is 11.6. The van der Waals surface area contributed by atoms with Gasteiger partial charge in [-0.1, -0.05) is 24.3 Å². The first-order valence-corrected chi connectivity index (χ1v) is 7.33. The van der Waals surface area contributed by atoms with E-state index in [0.717, 1.165) is 15.7 Å². The van der Waals surface area contributed by atoms with Gasteiger partial charge in [0, 0.05) is 16.7 Å². The molecule has 2 aromatic rings. The maximum Gasteiger partial charge on any atom is 0.339 e. The topological polar surface area (TPSA) is 58.6 Å². The van der Waals surface area contributed by atoms with Crippen molar-refractivity contribution in [3.8, 4) is 5.75 Å². The van der Waals surface area contributed by atoms with Crippen LogP contribution in [-0.4, -0.2) is 24.2 Å². The van der Waals surface area contributed by atoms with E-state index >= 15 is 0 Å². The molecule has 0 spiro atoms. The number of nitrogens with one attached hydrogen (secondary N) is 1. The first-order chi connectivity index (χ1) is 10.1. The summed E-state index contributed by atoms with van der Waals surface area (Å²) in [6.07, 6.45) is 0. The second-order valence-corrected chi connectivity index (χ2v) is 5.31. The Labute approximate surface area is 131 Å². The van der Waals surface area contributed by atoms with Gasteiger partial charge in [-0.2, -0.15) is 0 Å². The molecule has 0 unspecified atom stereocenters. The van der Waals surface area contributed by atoms with Crippen molar-refractivity contribution in [2.45, 2.75) is 6.92 Å². The van der Waals surface area contributed by atoms with E-state index in [0.29, 0.717) is 18.9 Å². The van der Waals surface area contributed by atoms with Gasteiger partial charge < -0.3 is 15.2 Å². The first kappa shape index (κ1) is 15.4. The lowest BCUT2D eigenvalue weighted by Gasteiger charge is -2.12. The highest BCUT2D eigenvalue weighted by Crippen LogP contribution is 2.25. The molecule has 0 bridgehead atoms. The van der Waals surface area contributed by atoms with Crippen molar-refractivity contribution in [3.63, 3.8) is 0 Å². The van der Waals surface area contributed by atoms with E-state index in [4.69, 9.17) is 9.84 Å². The van der Waals surface area contributed by atoms with Crippen LogP contribution in [0.1, 0.15) is 15.9 Å². The molecular weight excluding hydrogens is 334 g/mol. The Balaban J connectivity index is 1.91. The van der Waals surface area contributed by atoms with Crippen LogP contribution in [-0.2, 0) is 0 Å². The van der Waals surface area contributed by atoms with Gasteiger partial charge in [0.1, 0.15) is 17.9 Å². The van der Waals surface area contributed by atoms with Crippen molar-refractivity contribution in [1.29, 1.82) is 0 Å². The van der Waals surface area contributed by atoms with Gasteiger partial charge in [-0.15, -0.1) is 0 Å². The maximum absolute atomic E-state index is 11.1. The standard InChI is InChI=1S/C16H16BrNO3/c1-11-5-4-7-13(15(11)17)18-9-10-21-14-8-3-2-6-12(14)16(19)20/h2-8,18H,9-10H2,1H3,(H,19,20). The quantitative estimate of drug-likeness (QED) is 0.775. The van der Waals surface area contributed by atoms with Gasteiger partial charge in [0.15, 0.2) is 0 Å². The van der Waals surface area contributed by atoms with Gasteiger partial charge in [0.25, 0.3) is 0 Å². The van der Waals surface area contributed by atoms with Crippen LogP contribution in [0.2, 0.25) is 0 Å². The summed E-state index contributed by atoms with van der Waals surface area (Å²) < 4.78 is 6.56. The highest BCUT2D eigenvalue weighted by molar-refractivity contribution is 9.10. The molecule has 0 aromatic heterocycles. The lowest BCUT2D eigenvalue weighted by molar-refractivity contribution is 0.0692. The molecule has 0 fully saturated rings. The number of anilines is 1. The fourth-order valence-corrected chi connectivity index (χ4v) is 2.30. The van der Waals surface area contributed by atoms with Crippen LogP contribution < -0.4 is 10.1 Å². The Bertz CT molecular complexity index is 643. The number of para-hydroxylation sites is 1. The normalized spacial score (nSPS) is 10.2. The summed E-state index contributed by atoms with van der Waals surface area (Å²) in [6.45, 7) is 2.98. The molecule has 0 aliphatic rings. The Morgan fingerprint density at radius 1 is 1.24 bits per heavy atom. The smallest absolute Gasteiger partial charge is 0.339 e. The van der Waals surface area contributed by atoms with E-state index in [-0.39, 0.29) is 5.56 Å². The van der Waals surface area contributed by atoms with Gasteiger partial charge in [-0.05, 0) is 46.6 Å². The Hall–Kier alpha value is -2.01. The second-order valence-electron chi connectivity index (χ2n) is 4.51. The van der Waals surface area contributed by atoms with Gasteiger partial charge in [0.05, 0.1) is 0 Å². The van der Waals surface area contributed by atoms with Crippen molar-refractivity contribution in [1.82, 2.24) is 0 Å². The summed E-state index contributed by atoms with van der Waals surface area (Å²) in [5.74, 6) is -0.602. The van der Waals surface area contributed by atoms with Crippen LogP contribution in [0.15, 0.2) is 46.9 Å². The molecule has 110 valence electrons. The summed E-state index contributed by atoms with van der Waals surface area (Å²) in [5, 5.41) is 12.3. The fourth-order valence-electron chi connectivity index (χ4n) is 1.90. The fraction of sp³-hybridized carbons (Fsp3) is 0.188. The third-order valence-corrected chi connectivity index (χ3v) is 4.04. The minimum Gasteiger partial charge on any atom is -0.491 e. The highest BCUT2D eigenvalue weighted by atomic mass is 79.9. The highest BCUT2D eigenvalue weighted by Gasteiger charge is 2.09. The third-order valence-electron chi connectivity index (χ3n) is 2.98. The minimum atomic E-state index is -0.986. The van der Waals surface area contributed by atoms with E-state index < -0.39 is 5.97 Å². The lowest BCUT2D eigenvalue weighted by Crippen LogP contribution is -2.13. The number of carboxylic acid groups (broad SMARTS) is 1. The number of benzene rings is 2. The molecule has 0 aliphatic carbocycles. The van der Waals surface area contributed by atoms with E-state index in [2.05, 4.69) is 21.2 Å². The number of ether oxygens (including phenoxy) is 1. The number of aromatic carboxylic acids is 1. The third kappa shape index (κ3) is 3.98. The second kappa shape index (κ2) is 7.13. The zero-order chi connectivity index (χ0) is 15.2. The zero-order valence-corrected chi connectivity index (χ0v) is 13.2. The maximum atomic E-state index is 11.1. The number of hydrogen-bond donors (Lipinski definition) is 2. The largest absolute Gasteiger partial charge is 0.491 e. The van der Waals surface area contributed by atoms with Gasteiger partial charge in [-0.3, -0.25) is 0 Å². The molecule has 0 amide bonds. The number of carboxylic acids is 1. The summed E-state index contributed by atoms with van der Waals surface area (Å²) >= 11 is 3.53. The van der Waals surface area contributed by atoms with Crippen molar-refractivity contribution >= 4 is 27.6 Å². The molecule has 21 heavy (non-hydrogen) atoms. The number of carbonyl (C=O) groups is 1. The molecule has 2 N–H and O–H groups in total. The van der Waals surface area contributed by atoms with Crippen LogP contribution in [0.5, 0.6) is 5.75 Å². The lowest BCUT2D eigenvalue weighted by atomic mass is 10.2. The van der Waals surface area contributed by atoms with Crippen molar-refractivity contribution < 1.29 is 14.6 Å². The van der Waals surface area contributed by atoms with Gasteiger partial charge in [-0.25, -0.2) is 4.79 Å². The van der Waals surface area contributed by atoms with E-state index in [1.54, 1.807) is 18.2 Å². The molecular formula is C16H16BrNO3. The number of aryl methyl sites for hydroxylation is 1. The van der Waals surface area contributed by atoms with Crippen LogP contribution in [0.25, 0.3) is 0 Å². The van der Waals surface area contributed by atoms with Crippen molar-refractivity contribution in [2.75, 3.05) is 18.5 Å². The van der Waals surface area contributed by atoms with E-state index in [9.17, 15) is 4.79 Å². The molecule has 0 saturated heterocycles. The van der Waals surface area contributed by atoms with Crippen LogP contribution in [0, 0.1) is 6.92 Å². The average molecular weight is 350 g/mol. The first-order valence-electron chi connectivity index (χ1n) is 6.53. The van der Waals surface area contributed by atoms with E-state index in [1.165, 1.54) is 6.07 Å². The summed E-state index contributed by atoms with van der Waals surface area (Å²) in [4.78, 5) is 11.1. The number of hydrogen-bond acceptors (Lipinski definition) is 3. The molecule has 4 nitrogen and oxygen atoms in total. The Morgan fingerprint density at radius 3 is 2.76 bits per heavy atom. The SMILES string of the molecule is Cc1cccc(NCCOc2ccccc2C(=O)O)c1Br. The van der Waals surface area contributed by atoms with Crippen LogP contribution >= 0.6 is 15.9 Å². The Kier molecular flexibility index (Phi) is 5.22. The van der Waals surface area contributed by atoms with Gasteiger partial charge >= 0.3 is 5.97 Å². The average Bonchev–Trinajstić information content (AvgIpc) is 2.48. The predicted octanol–water partition coefficient (Wildman–Crippen LogP) is 3.95. The molecule has 0 saturated carbocycles. The van der Waals surface area contributed by atoms with Crippen molar-refractivity contribution in [3.05, 3.63) is 58.1 Å². The van der Waals surface area contributed by atoms with Gasteiger partial charge in [0.2, 0.25) is 0 Å². The molecule has 0 heterocycles. The monoisotopic (exact) mass is 349 g/mol. The van der Waals surface area contributed by atoms with Crippen LogP contribution in [0.4, 0.5) is 5.69 Å². The molecule has 2 rings (SSSR count). The Morgan fingerprint density at radius 2 is 2.00 bits per heavy atom. The van der Waals surface area contributed by atoms with Crippen molar-refractivity contribution in [2.24, 2.45) is 0 Å². The molecule has 0 radical (unpaired) electrons. The minimum absolute atomic E-state index is 0.175. The summed E-state index contributed by atoms with van der Waals surface area (Å²) in [6, 6.07) is 12.6. The number of rotatable bonds is 6. The molecule has 0 atom stereocenters. The van der Waals surface area contributed by atoms with Crippen LogP contribution in [0.3, 0.4) is 0 Å².